The number of hydrogen-bond acceptors (Lipinski definition) is 4. The summed E-state index contributed by atoms with van der Waals surface area (Å²) in [5, 5.41) is 10.1. The van der Waals surface area contributed by atoms with E-state index in [2.05, 4.69) is 0 Å². The lowest BCUT2D eigenvalue weighted by Crippen LogP contribution is -2.35. The Morgan fingerprint density at radius 1 is 1.17 bits per heavy atom. The van der Waals surface area contributed by atoms with Crippen LogP contribution >= 0.6 is 0 Å². The second-order valence-electron chi connectivity index (χ2n) is 7.07. The maximum atomic E-state index is 13.5. The highest BCUT2D eigenvalue weighted by Gasteiger charge is 2.31. The number of amides is 1. The average Bonchev–Trinajstić information content (AvgIpc) is 3.02. The van der Waals surface area contributed by atoms with Gasteiger partial charge in [0.1, 0.15) is 5.75 Å². The van der Waals surface area contributed by atoms with Crippen LogP contribution in [0.25, 0.3) is 10.9 Å². The predicted molar refractivity (Wildman–Crippen MR) is 109 cm³/mol. The first kappa shape index (κ1) is 19.3. The molecule has 152 valence electrons. The molecule has 0 atom stereocenters. The molecule has 0 bridgehead atoms. The van der Waals surface area contributed by atoms with Gasteiger partial charge in [-0.3, -0.25) is 0 Å². The van der Waals surface area contributed by atoms with Crippen LogP contribution in [0.2, 0.25) is 0 Å². The van der Waals surface area contributed by atoms with Crippen molar-refractivity contribution < 1.29 is 23.1 Å². The molecule has 1 amide bonds. The Balaban J connectivity index is 1.97. The number of hydrogen-bond donors (Lipinski definition) is 1. The van der Waals surface area contributed by atoms with E-state index < -0.39 is 16.1 Å². The lowest BCUT2D eigenvalue weighted by atomic mass is 10.0. The van der Waals surface area contributed by atoms with Crippen molar-refractivity contribution in [2.45, 2.75) is 31.7 Å². The number of rotatable bonds is 4. The molecular weight excluding hydrogens is 392 g/mol. The molecule has 0 aliphatic carbocycles. The fourth-order valence-electron chi connectivity index (χ4n) is 3.81. The van der Waals surface area contributed by atoms with E-state index in [0.717, 1.165) is 5.56 Å². The Bertz CT molecular complexity index is 1200. The summed E-state index contributed by atoms with van der Waals surface area (Å²) in [4.78, 5) is 13.0. The fourth-order valence-corrected chi connectivity index (χ4v) is 5.41. The number of aryl methyl sites for hydroxylation is 1. The number of carboxylic acid groups (broad SMARTS) is 1. The molecule has 0 radical (unpaired) electrons. The molecule has 7 nitrogen and oxygen atoms in total. The van der Waals surface area contributed by atoms with Crippen LogP contribution < -0.4 is 4.74 Å². The zero-order chi connectivity index (χ0) is 20.8. The molecule has 4 rings (SSSR count). The van der Waals surface area contributed by atoms with E-state index in [1.54, 1.807) is 42.5 Å². The molecule has 0 saturated carbocycles. The molecule has 0 unspecified atom stereocenters. The summed E-state index contributed by atoms with van der Waals surface area (Å²) in [6.07, 6.45) is -0.690. The van der Waals surface area contributed by atoms with E-state index in [1.165, 1.54) is 8.87 Å². The number of nitrogens with zero attached hydrogens (tertiary/aromatic N) is 2. The van der Waals surface area contributed by atoms with E-state index in [1.807, 2.05) is 13.8 Å². The van der Waals surface area contributed by atoms with E-state index in [4.69, 9.17) is 4.74 Å². The second kappa shape index (κ2) is 7.11. The van der Waals surface area contributed by atoms with Crippen LogP contribution in [0.4, 0.5) is 4.79 Å². The van der Waals surface area contributed by atoms with Gasteiger partial charge in [0.15, 0.2) is 0 Å². The highest BCUT2D eigenvalue weighted by atomic mass is 32.2. The van der Waals surface area contributed by atoms with Gasteiger partial charge < -0.3 is 14.7 Å². The van der Waals surface area contributed by atoms with Gasteiger partial charge in [0, 0.05) is 29.6 Å². The molecule has 0 saturated heterocycles. The highest BCUT2D eigenvalue weighted by Crippen LogP contribution is 2.36. The average molecular weight is 414 g/mol. The third-order valence-electron chi connectivity index (χ3n) is 5.21. The van der Waals surface area contributed by atoms with Gasteiger partial charge in [-0.15, -0.1) is 0 Å². The largest absolute Gasteiger partial charge is 0.494 e. The van der Waals surface area contributed by atoms with Gasteiger partial charge in [-0.1, -0.05) is 17.7 Å². The molecule has 29 heavy (non-hydrogen) atoms. The summed E-state index contributed by atoms with van der Waals surface area (Å²) in [5.41, 5.74) is 2.85. The number of fused-ring (bicyclic) bond motifs is 3. The number of carbonyl (C=O) groups is 1. The van der Waals surface area contributed by atoms with Crippen molar-refractivity contribution in [1.82, 2.24) is 8.87 Å². The number of aromatic nitrogens is 1. The van der Waals surface area contributed by atoms with E-state index in [0.29, 0.717) is 40.9 Å². The first-order valence-corrected chi connectivity index (χ1v) is 10.9. The summed E-state index contributed by atoms with van der Waals surface area (Å²) in [5.74, 6) is 0.625. The smallest absolute Gasteiger partial charge is 0.407 e. The standard InChI is InChI=1S/C21H22N2O5S/c1-3-28-15-6-9-19-17(12-15)18-13-22(21(24)25)11-10-20(18)23(19)29(26,27)16-7-4-14(2)5-8-16/h4-9,12H,3,10-11,13H2,1-2H3,(H,24,25). The first-order valence-electron chi connectivity index (χ1n) is 9.42. The van der Waals surface area contributed by atoms with Gasteiger partial charge in [0.2, 0.25) is 0 Å². The van der Waals surface area contributed by atoms with Gasteiger partial charge in [-0.05, 0) is 44.2 Å². The molecular formula is C21H22N2O5S. The minimum absolute atomic E-state index is 0.146. The van der Waals surface area contributed by atoms with E-state index in [9.17, 15) is 18.3 Å². The Kier molecular flexibility index (Phi) is 4.74. The Hall–Kier alpha value is -3.00. The van der Waals surface area contributed by atoms with Crippen molar-refractivity contribution >= 4 is 27.0 Å². The highest BCUT2D eigenvalue weighted by molar-refractivity contribution is 7.90. The molecule has 3 aromatic rings. The molecule has 0 fully saturated rings. The van der Waals surface area contributed by atoms with Crippen LogP contribution in [-0.2, 0) is 23.0 Å². The topological polar surface area (TPSA) is 88.8 Å². The maximum absolute atomic E-state index is 13.5. The third kappa shape index (κ3) is 3.23. The van der Waals surface area contributed by atoms with Crippen molar-refractivity contribution in [3.05, 3.63) is 59.3 Å². The number of ether oxygens (including phenoxy) is 1. The monoisotopic (exact) mass is 414 g/mol. The maximum Gasteiger partial charge on any atom is 0.407 e. The first-order chi connectivity index (χ1) is 13.8. The molecule has 2 aromatic carbocycles. The summed E-state index contributed by atoms with van der Waals surface area (Å²) in [7, 11) is -3.83. The zero-order valence-corrected chi connectivity index (χ0v) is 17.1. The summed E-state index contributed by atoms with van der Waals surface area (Å²) < 4.78 is 34.0. The number of benzene rings is 2. The van der Waals surface area contributed by atoms with Crippen LogP contribution in [0.15, 0.2) is 47.4 Å². The van der Waals surface area contributed by atoms with Crippen molar-refractivity contribution in [2.24, 2.45) is 0 Å². The molecule has 1 N–H and O–H groups in total. The Morgan fingerprint density at radius 2 is 1.90 bits per heavy atom. The molecule has 1 aliphatic rings. The lowest BCUT2D eigenvalue weighted by molar-refractivity contribution is 0.140. The SMILES string of the molecule is CCOc1ccc2c(c1)c1c(n2S(=O)(=O)c2ccc(C)cc2)CCN(C(=O)O)C1. The zero-order valence-electron chi connectivity index (χ0n) is 16.3. The quantitative estimate of drug-likeness (QED) is 0.704. The lowest BCUT2D eigenvalue weighted by Gasteiger charge is -2.25. The van der Waals surface area contributed by atoms with Crippen LogP contribution in [0, 0.1) is 6.92 Å². The fraction of sp³-hybridized carbons (Fsp3) is 0.286. The second-order valence-corrected chi connectivity index (χ2v) is 8.86. The van der Waals surface area contributed by atoms with Gasteiger partial charge in [-0.2, -0.15) is 0 Å². The Morgan fingerprint density at radius 3 is 2.55 bits per heavy atom. The van der Waals surface area contributed by atoms with Crippen LogP contribution in [-0.4, -0.2) is 41.6 Å². The predicted octanol–water partition coefficient (Wildman–Crippen LogP) is 3.62. The molecule has 8 heteroatoms. The van der Waals surface area contributed by atoms with Gasteiger partial charge in [0.25, 0.3) is 10.0 Å². The van der Waals surface area contributed by atoms with Crippen molar-refractivity contribution in [1.29, 1.82) is 0 Å². The Labute approximate surface area is 169 Å². The van der Waals surface area contributed by atoms with E-state index >= 15 is 0 Å². The minimum atomic E-state index is -3.83. The molecule has 2 heterocycles. The summed E-state index contributed by atoms with van der Waals surface area (Å²) in [6, 6.07) is 12.0. The summed E-state index contributed by atoms with van der Waals surface area (Å²) in [6.45, 7) is 4.66. The van der Waals surface area contributed by atoms with Crippen molar-refractivity contribution in [2.75, 3.05) is 13.2 Å². The van der Waals surface area contributed by atoms with Gasteiger partial charge >= 0.3 is 6.09 Å². The molecule has 1 aromatic heterocycles. The molecule has 1 aliphatic heterocycles. The third-order valence-corrected chi connectivity index (χ3v) is 6.98. The van der Waals surface area contributed by atoms with Gasteiger partial charge in [0.05, 0.1) is 23.6 Å². The van der Waals surface area contributed by atoms with E-state index in [-0.39, 0.29) is 18.0 Å². The minimum Gasteiger partial charge on any atom is -0.494 e. The van der Waals surface area contributed by atoms with Gasteiger partial charge in [-0.25, -0.2) is 17.2 Å². The van der Waals surface area contributed by atoms with Crippen LogP contribution in [0.3, 0.4) is 0 Å². The van der Waals surface area contributed by atoms with Crippen molar-refractivity contribution in [3.8, 4) is 5.75 Å². The normalized spacial score (nSPS) is 14.1. The van der Waals surface area contributed by atoms with Crippen molar-refractivity contribution in [3.63, 3.8) is 0 Å². The van der Waals surface area contributed by atoms with Crippen LogP contribution in [0.5, 0.6) is 5.75 Å². The summed E-state index contributed by atoms with van der Waals surface area (Å²) >= 11 is 0. The molecule has 0 spiro atoms. The van der Waals surface area contributed by atoms with Crippen LogP contribution in [0.1, 0.15) is 23.7 Å².